The zero-order valence-corrected chi connectivity index (χ0v) is 17.7. The summed E-state index contributed by atoms with van der Waals surface area (Å²) in [5.74, 6) is 0.540. The van der Waals surface area contributed by atoms with Crippen molar-refractivity contribution < 1.29 is 23.7 Å². The molecule has 3 N–H and O–H groups in total. The van der Waals surface area contributed by atoms with Gasteiger partial charge in [0.1, 0.15) is 44.3 Å². The van der Waals surface area contributed by atoms with Gasteiger partial charge in [0.25, 0.3) is 5.91 Å². The number of benzene rings is 2. The van der Waals surface area contributed by atoms with Crippen molar-refractivity contribution in [1.29, 1.82) is 0 Å². The van der Waals surface area contributed by atoms with Gasteiger partial charge in [0, 0.05) is 5.02 Å². The predicted molar refractivity (Wildman–Crippen MR) is 111 cm³/mol. The fourth-order valence-corrected chi connectivity index (χ4v) is 3.95. The van der Waals surface area contributed by atoms with Crippen LogP contribution in [0.25, 0.3) is 0 Å². The summed E-state index contributed by atoms with van der Waals surface area (Å²) in [7, 11) is 1.61. The maximum atomic E-state index is 13.6. The number of methoxy groups -OCH3 is 1. The number of carbonyl (C=O) groups excluding carboxylic acids is 1. The molecule has 0 aromatic heterocycles. The lowest BCUT2D eigenvalue weighted by molar-refractivity contribution is -1.02. The van der Waals surface area contributed by atoms with E-state index in [1.807, 2.05) is 31.2 Å². The first-order valence-electron chi connectivity index (χ1n) is 9.99. The topological polar surface area (TPSA) is 47.2 Å². The maximum absolute atomic E-state index is 13.6. The summed E-state index contributed by atoms with van der Waals surface area (Å²) in [5, 5.41) is 3.76. The molecule has 7 heteroatoms. The van der Waals surface area contributed by atoms with E-state index in [1.54, 1.807) is 19.2 Å². The van der Waals surface area contributed by atoms with Crippen molar-refractivity contribution in [3.05, 3.63) is 64.4 Å². The van der Waals surface area contributed by atoms with Crippen molar-refractivity contribution in [1.82, 2.24) is 5.32 Å². The first-order chi connectivity index (χ1) is 13.9. The summed E-state index contributed by atoms with van der Waals surface area (Å²) in [5.41, 5.74) is 1.93. The van der Waals surface area contributed by atoms with Gasteiger partial charge in [0.15, 0.2) is 6.54 Å². The van der Waals surface area contributed by atoms with Gasteiger partial charge in [0.2, 0.25) is 0 Å². The van der Waals surface area contributed by atoms with E-state index in [-0.39, 0.29) is 17.8 Å². The highest BCUT2D eigenvalue weighted by Crippen LogP contribution is 2.18. The average molecular weight is 422 g/mol. The molecule has 0 aliphatic carbocycles. The van der Waals surface area contributed by atoms with Crippen molar-refractivity contribution in [2.45, 2.75) is 19.5 Å². The maximum Gasteiger partial charge on any atom is 0.275 e. The molecular formula is C22H29ClFN3O2+2. The molecule has 1 aliphatic rings. The summed E-state index contributed by atoms with van der Waals surface area (Å²) in [6, 6.07) is 12.1. The highest BCUT2D eigenvalue weighted by molar-refractivity contribution is 6.30. The van der Waals surface area contributed by atoms with Crippen LogP contribution in [0.4, 0.5) is 4.39 Å². The van der Waals surface area contributed by atoms with E-state index in [4.69, 9.17) is 16.3 Å². The standard InChI is InChI=1S/C22H27ClFN3O2/c1-16(17-3-5-19(23)6-4-17)25-22(28)15-27-11-9-26(10-12-27)14-18-13-20(24)7-8-21(18)29-2/h3-8,13,16H,9-12,14-15H2,1-2H3,(H,25,28)/p+2/t16-/m1/s1. The third kappa shape index (κ3) is 6.16. The van der Waals surface area contributed by atoms with Crippen LogP contribution in [-0.4, -0.2) is 45.7 Å². The van der Waals surface area contributed by atoms with Gasteiger partial charge < -0.3 is 19.9 Å². The van der Waals surface area contributed by atoms with Crippen molar-refractivity contribution in [2.75, 3.05) is 39.8 Å². The second-order valence-corrected chi connectivity index (χ2v) is 8.09. The Balaban J connectivity index is 1.45. The number of quaternary nitrogens is 2. The Labute approximate surface area is 176 Å². The van der Waals surface area contributed by atoms with E-state index in [9.17, 15) is 9.18 Å². The van der Waals surface area contributed by atoms with Crippen LogP contribution in [0.1, 0.15) is 24.1 Å². The minimum atomic E-state index is -0.240. The van der Waals surface area contributed by atoms with Gasteiger partial charge in [-0.1, -0.05) is 23.7 Å². The van der Waals surface area contributed by atoms with Gasteiger partial charge in [-0.25, -0.2) is 4.39 Å². The Morgan fingerprint density at radius 1 is 1.14 bits per heavy atom. The fourth-order valence-electron chi connectivity index (χ4n) is 3.82. The molecule has 29 heavy (non-hydrogen) atoms. The number of rotatable bonds is 7. The van der Waals surface area contributed by atoms with Gasteiger partial charge in [-0.3, -0.25) is 4.79 Å². The van der Waals surface area contributed by atoms with Gasteiger partial charge in [0.05, 0.1) is 18.7 Å². The van der Waals surface area contributed by atoms with E-state index < -0.39 is 0 Å². The minimum Gasteiger partial charge on any atom is -0.496 e. The summed E-state index contributed by atoms with van der Waals surface area (Å²) in [4.78, 5) is 15.1. The van der Waals surface area contributed by atoms with Crippen molar-refractivity contribution in [2.24, 2.45) is 0 Å². The van der Waals surface area contributed by atoms with E-state index in [2.05, 4.69) is 5.32 Å². The molecular weight excluding hydrogens is 393 g/mol. The summed E-state index contributed by atoms with van der Waals surface area (Å²) in [6.45, 7) is 6.88. The molecule has 156 valence electrons. The molecule has 1 aliphatic heterocycles. The first kappa shape index (κ1) is 21.6. The Hall–Kier alpha value is -2.15. The van der Waals surface area contributed by atoms with Crippen LogP contribution < -0.4 is 19.9 Å². The second-order valence-electron chi connectivity index (χ2n) is 7.65. The normalized spacial score (nSPS) is 20.1. The molecule has 2 aromatic rings. The molecule has 1 amide bonds. The smallest absolute Gasteiger partial charge is 0.275 e. The van der Waals surface area contributed by atoms with Gasteiger partial charge >= 0.3 is 0 Å². The number of nitrogens with one attached hydrogen (secondary N) is 3. The first-order valence-corrected chi connectivity index (χ1v) is 10.4. The Morgan fingerprint density at radius 2 is 1.79 bits per heavy atom. The third-order valence-electron chi connectivity index (χ3n) is 5.51. The van der Waals surface area contributed by atoms with Crippen LogP contribution in [0, 0.1) is 5.82 Å². The number of amides is 1. The quantitative estimate of drug-likeness (QED) is 0.614. The van der Waals surface area contributed by atoms with Gasteiger partial charge in [-0.15, -0.1) is 0 Å². The molecule has 5 nitrogen and oxygen atoms in total. The van der Waals surface area contributed by atoms with Gasteiger partial charge in [-0.05, 0) is 42.8 Å². The zero-order valence-electron chi connectivity index (χ0n) is 16.9. The molecule has 1 saturated heterocycles. The summed E-state index contributed by atoms with van der Waals surface area (Å²) in [6.07, 6.45) is 0. The lowest BCUT2D eigenvalue weighted by Crippen LogP contribution is -3.28. The molecule has 0 bridgehead atoms. The average Bonchev–Trinajstić information content (AvgIpc) is 2.70. The monoisotopic (exact) mass is 421 g/mol. The summed E-state index contributed by atoms with van der Waals surface area (Å²) >= 11 is 5.92. The zero-order chi connectivity index (χ0) is 20.8. The number of halogens is 2. The predicted octanol–water partition coefficient (Wildman–Crippen LogP) is 0.649. The van der Waals surface area contributed by atoms with Crippen LogP contribution >= 0.6 is 11.6 Å². The van der Waals surface area contributed by atoms with Crippen LogP contribution in [0.5, 0.6) is 5.75 Å². The van der Waals surface area contributed by atoms with Crippen LogP contribution in [0.3, 0.4) is 0 Å². The van der Waals surface area contributed by atoms with Crippen molar-refractivity contribution in [3.8, 4) is 5.75 Å². The molecule has 2 aromatic carbocycles. The van der Waals surface area contributed by atoms with Crippen LogP contribution in [0.15, 0.2) is 42.5 Å². The molecule has 3 rings (SSSR count). The second kappa shape index (κ2) is 10.1. The van der Waals surface area contributed by atoms with Crippen molar-refractivity contribution >= 4 is 17.5 Å². The number of ether oxygens (including phenoxy) is 1. The largest absolute Gasteiger partial charge is 0.496 e. The number of carbonyl (C=O) groups is 1. The molecule has 1 atom stereocenters. The van der Waals surface area contributed by atoms with Crippen LogP contribution in [-0.2, 0) is 11.3 Å². The van der Waals surface area contributed by atoms with E-state index in [0.29, 0.717) is 11.6 Å². The highest BCUT2D eigenvalue weighted by Gasteiger charge is 2.26. The Kier molecular flexibility index (Phi) is 7.47. The van der Waals surface area contributed by atoms with Crippen molar-refractivity contribution in [3.63, 3.8) is 0 Å². The molecule has 0 saturated carbocycles. The Morgan fingerprint density at radius 3 is 2.45 bits per heavy atom. The lowest BCUT2D eigenvalue weighted by Gasteiger charge is -2.30. The number of hydrogen-bond donors (Lipinski definition) is 3. The van der Waals surface area contributed by atoms with Crippen LogP contribution in [0.2, 0.25) is 5.02 Å². The number of hydrogen-bond acceptors (Lipinski definition) is 2. The SMILES string of the molecule is COc1ccc(F)cc1C[NH+]1CC[NH+](CC(=O)N[C@H](C)c2ccc(Cl)cc2)CC1. The molecule has 0 radical (unpaired) electrons. The Bertz CT molecular complexity index is 823. The fraction of sp³-hybridized carbons (Fsp3) is 0.409. The lowest BCUT2D eigenvalue weighted by atomic mass is 10.1. The number of piperazine rings is 1. The molecule has 0 spiro atoms. The van der Waals surface area contributed by atoms with E-state index in [0.717, 1.165) is 49.6 Å². The van der Waals surface area contributed by atoms with E-state index in [1.165, 1.54) is 15.9 Å². The third-order valence-corrected chi connectivity index (χ3v) is 5.76. The molecule has 1 fully saturated rings. The minimum absolute atomic E-state index is 0.0495. The van der Waals surface area contributed by atoms with Gasteiger partial charge in [-0.2, -0.15) is 0 Å². The summed E-state index contributed by atoms with van der Waals surface area (Å²) < 4.78 is 18.9. The highest BCUT2D eigenvalue weighted by atomic mass is 35.5. The van der Waals surface area contributed by atoms with E-state index >= 15 is 0 Å². The molecule has 0 unspecified atom stereocenters. The molecule has 1 heterocycles.